The van der Waals surface area contributed by atoms with Crippen LogP contribution in [0.25, 0.3) is 0 Å². The fourth-order valence-corrected chi connectivity index (χ4v) is 1.24. The van der Waals surface area contributed by atoms with Gasteiger partial charge in [-0.05, 0) is 18.9 Å². The van der Waals surface area contributed by atoms with E-state index in [1.807, 2.05) is 6.07 Å². The molecule has 2 rings (SSSR count). The molecule has 4 heteroatoms. The molecule has 1 fully saturated rings. The topological polar surface area (TPSA) is 48.1 Å². The fourth-order valence-electron chi connectivity index (χ4n) is 1.06. The predicted molar refractivity (Wildman–Crippen MR) is 50.8 cm³/mol. The van der Waals surface area contributed by atoms with Gasteiger partial charge in [-0.25, -0.2) is 4.98 Å². The number of halogens is 1. The first-order chi connectivity index (χ1) is 6.29. The average Bonchev–Trinajstić information content (AvgIpc) is 2.92. The summed E-state index contributed by atoms with van der Waals surface area (Å²) in [6.45, 7) is 0.397. The molecule has 0 amide bonds. The first-order valence-electron chi connectivity index (χ1n) is 4.30. The molecule has 1 aromatic heterocycles. The van der Waals surface area contributed by atoms with E-state index in [2.05, 4.69) is 4.98 Å². The van der Waals surface area contributed by atoms with Gasteiger partial charge in [0.15, 0.2) is 0 Å². The summed E-state index contributed by atoms with van der Waals surface area (Å²) < 4.78 is 5.55. The number of pyridine rings is 1. The van der Waals surface area contributed by atoms with Crippen LogP contribution in [0.2, 0.25) is 5.15 Å². The maximum absolute atomic E-state index is 5.80. The summed E-state index contributed by atoms with van der Waals surface area (Å²) in [5, 5.41) is 0.464. The lowest BCUT2D eigenvalue weighted by molar-refractivity contribution is 0.301. The van der Waals surface area contributed by atoms with E-state index in [1.54, 1.807) is 6.20 Å². The van der Waals surface area contributed by atoms with Gasteiger partial charge in [-0.3, -0.25) is 0 Å². The van der Waals surface area contributed by atoms with Crippen LogP contribution in [-0.4, -0.2) is 11.1 Å². The SMILES string of the molecule is NCc1cc(OC2CC2)cnc1Cl. The van der Waals surface area contributed by atoms with E-state index in [0.717, 1.165) is 24.2 Å². The standard InChI is InChI=1S/C9H11ClN2O/c10-9-6(4-11)3-8(5-12-9)13-7-1-2-7/h3,5,7H,1-2,4,11H2. The largest absolute Gasteiger partial charge is 0.489 e. The van der Waals surface area contributed by atoms with Gasteiger partial charge >= 0.3 is 0 Å². The van der Waals surface area contributed by atoms with Crippen molar-refractivity contribution >= 4 is 11.6 Å². The summed E-state index contributed by atoms with van der Waals surface area (Å²) in [4.78, 5) is 3.99. The first kappa shape index (κ1) is 8.78. The molecule has 3 nitrogen and oxygen atoms in total. The Morgan fingerprint density at radius 2 is 2.38 bits per heavy atom. The second kappa shape index (κ2) is 3.52. The molecule has 0 radical (unpaired) electrons. The lowest BCUT2D eigenvalue weighted by atomic mass is 10.3. The highest BCUT2D eigenvalue weighted by molar-refractivity contribution is 6.30. The third-order valence-electron chi connectivity index (χ3n) is 1.93. The van der Waals surface area contributed by atoms with Crippen LogP contribution in [-0.2, 0) is 6.54 Å². The molecule has 0 bridgehead atoms. The Kier molecular flexibility index (Phi) is 2.38. The highest BCUT2D eigenvalue weighted by Gasteiger charge is 2.23. The van der Waals surface area contributed by atoms with Gasteiger partial charge in [0.05, 0.1) is 12.3 Å². The number of rotatable bonds is 3. The van der Waals surface area contributed by atoms with Crippen LogP contribution >= 0.6 is 11.6 Å². The van der Waals surface area contributed by atoms with Crippen molar-refractivity contribution < 1.29 is 4.74 Å². The van der Waals surface area contributed by atoms with Crippen molar-refractivity contribution in [1.29, 1.82) is 0 Å². The van der Waals surface area contributed by atoms with Crippen molar-refractivity contribution in [2.24, 2.45) is 5.73 Å². The minimum absolute atomic E-state index is 0.383. The van der Waals surface area contributed by atoms with E-state index in [-0.39, 0.29) is 0 Å². The Hall–Kier alpha value is -0.800. The van der Waals surface area contributed by atoms with Gasteiger partial charge in [-0.1, -0.05) is 11.6 Å². The third kappa shape index (κ3) is 2.11. The average molecular weight is 199 g/mol. The number of hydrogen-bond donors (Lipinski definition) is 1. The zero-order valence-corrected chi connectivity index (χ0v) is 7.92. The summed E-state index contributed by atoms with van der Waals surface area (Å²) in [5.41, 5.74) is 6.32. The molecule has 1 aromatic rings. The van der Waals surface area contributed by atoms with Crippen LogP contribution in [0.5, 0.6) is 5.75 Å². The smallest absolute Gasteiger partial charge is 0.138 e. The van der Waals surface area contributed by atoms with E-state index in [1.165, 1.54) is 0 Å². The molecule has 0 aliphatic heterocycles. The van der Waals surface area contributed by atoms with Gasteiger partial charge in [0, 0.05) is 12.1 Å². The van der Waals surface area contributed by atoms with Crippen molar-refractivity contribution in [1.82, 2.24) is 4.98 Å². The van der Waals surface area contributed by atoms with Crippen molar-refractivity contribution in [3.63, 3.8) is 0 Å². The highest BCUT2D eigenvalue weighted by atomic mass is 35.5. The minimum atomic E-state index is 0.383. The molecule has 0 atom stereocenters. The second-order valence-corrected chi connectivity index (χ2v) is 3.50. The minimum Gasteiger partial charge on any atom is -0.489 e. The van der Waals surface area contributed by atoms with Crippen molar-refractivity contribution in [2.75, 3.05) is 0 Å². The molecular formula is C9H11ClN2O. The Bertz CT molecular complexity index is 312. The Balaban J connectivity index is 2.16. The van der Waals surface area contributed by atoms with Crippen LogP contribution in [0.15, 0.2) is 12.3 Å². The Morgan fingerprint density at radius 3 is 3.00 bits per heavy atom. The molecule has 1 aliphatic carbocycles. The van der Waals surface area contributed by atoms with Gasteiger partial charge in [-0.15, -0.1) is 0 Å². The highest BCUT2D eigenvalue weighted by Crippen LogP contribution is 2.27. The molecule has 70 valence electrons. The maximum atomic E-state index is 5.80. The molecule has 1 heterocycles. The van der Waals surface area contributed by atoms with Gasteiger partial charge in [0.2, 0.25) is 0 Å². The Labute approximate surface area is 81.9 Å². The van der Waals surface area contributed by atoms with Crippen LogP contribution < -0.4 is 10.5 Å². The number of hydrogen-bond acceptors (Lipinski definition) is 3. The summed E-state index contributed by atoms with van der Waals surface area (Å²) in [6.07, 6.45) is 4.30. The van der Waals surface area contributed by atoms with Crippen molar-refractivity contribution in [2.45, 2.75) is 25.5 Å². The molecule has 0 saturated heterocycles. The summed E-state index contributed by atoms with van der Waals surface area (Å²) >= 11 is 5.80. The van der Waals surface area contributed by atoms with E-state index >= 15 is 0 Å². The molecule has 1 saturated carbocycles. The summed E-state index contributed by atoms with van der Waals surface area (Å²) in [5.74, 6) is 0.771. The number of aromatic nitrogens is 1. The maximum Gasteiger partial charge on any atom is 0.138 e. The van der Waals surface area contributed by atoms with Gasteiger partial charge in [0.1, 0.15) is 10.9 Å². The monoisotopic (exact) mass is 198 g/mol. The normalized spacial score (nSPS) is 15.8. The zero-order valence-electron chi connectivity index (χ0n) is 7.16. The predicted octanol–water partition coefficient (Wildman–Crippen LogP) is 1.73. The fraction of sp³-hybridized carbons (Fsp3) is 0.444. The summed E-state index contributed by atoms with van der Waals surface area (Å²) in [6, 6.07) is 1.85. The molecule has 0 aromatic carbocycles. The molecule has 1 aliphatic rings. The van der Waals surface area contributed by atoms with Gasteiger partial charge < -0.3 is 10.5 Å². The van der Waals surface area contributed by atoms with Crippen molar-refractivity contribution in [3.05, 3.63) is 23.0 Å². The quantitative estimate of drug-likeness (QED) is 0.753. The first-order valence-corrected chi connectivity index (χ1v) is 4.68. The molecule has 2 N–H and O–H groups in total. The molecule has 13 heavy (non-hydrogen) atoms. The second-order valence-electron chi connectivity index (χ2n) is 3.14. The van der Waals surface area contributed by atoms with Gasteiger partial charge in [0.25, 0.3) is 0 Å². The van der Waals surface area contributed by atoms with Crippen LogP contribution in [0.4, 0.5) is 0 Å². The number of ether oxygens (including phenoxy) is 1. The lowest BCUT2D eigenvalue weighted by Gasteiger charge is -2.06. The van der Waals surface area contributed by atoms with E-state index in [4.69, 9.17) is 22.1 Å². The number of nitrogens with two attached hydrogens (primary N) is 1. The van der Waals surface area contributed by atoms with Crippen molar-refractivity contribution in [3.8, 4) is 5.75 Å². The van der Waals surface area contributed by atoms with E-state index in [9.17, 15) is 0 Å². The molecule has 0 spiro atoms. The lowest BCUT2D eigenvalue weighted by Crippen LogP contribution is -2.01. The van der Waals surface area contributed by atoms with Gasteiger partial charge in [-0.2, -0.15) is 0 Å². The van der Waals surface area contributed by atoms with E-state index < -0.39 is 0 Å². The Morgan fingerprint density at radius 1 is 1.62 bits per heavy atom. The third-order valence-corrected chi connectivity index (χ3v) is 2.27. The van der Waals surface area contributed by atoms with Crippen LogP contribution in [0, 0.1) is 0 Å². The van der Waals surface area contributed by atoms with Crippen LogP contribution in [0.1, 0.15) is 18.4 Å². The van der Waals surface area contributed by atoms with Crippen LogP contribution in [0.3, 0.4) is 0 Å². The zero-order chi connectivity index (χ0) is 9.26. The number of nitrogens with zero attached hydrogens (tertiary/aromatic N) is 1. The molecular weight excluding hydrogens is 188 g/mol. The van der Waals surface area contributed by atoms with E-state index in [0.29, 0.717) is 17.8 Å². The summed E-state index contributed by atoms with van der Waals surface area (Å²) in [7, 11) is 0. The molecule has 0 unspecified atom stereocenters.